The molecule has 0 bridgehead atoms. The lowest BCUT2D eigenvalue weighted by molar-refractivity contribution is -0.126. The Bertz CT molecular complexity index is 576. The number of hydrogen-bond acceptors (Lipinski definition) is 3. The standard InChI is InChI=1S/C17H16O2S/c1-2-9-16(14-10-5-3-6-11-14)17(18)19-20-15-12-7-4-8-13-15/h3-13H,2H2,1H3. The van der Waals surface area contributed by atoms with E-state index >= 15 is 0 Å². The lowest BCUT2D eigenvalue weighted by Crippen LogP contribution is -2.02. The molecule has 0 heterocycles. The Balaban J connectivity index is 2.07. The summed E-state index contributed by atoms with van der Waals surface area (Å²) in [7, 11) is 0. The molecule has 2 aromatic rings. The quantitative estimate of drug-likeness (QED) is 0.586. The van der Waals surface area contributed by atoms with E-state index in [2.05, 4.69) is 0 Å². The van der Waals surface area contributed by atoms with Crippen molar-refractivity contribution in [3.05, 3.63) is 72.3 Å². The molecule has 0 aliphatic rings. The van der Waals surface area contributed by atoms with Crippen molar-refractivity contribution >= 4 is 23.6 Å². The van der Waals surface area contributed by atoms with Gasteiger partial charge in [-0.2, -0.15) is 0 Å². The molecule has 2 rings (SSSR count). The van der Waals surface area contributed by atoms with E-state index in [1.807, 2.05) is 73.7 Å². The van der Waals surface area contributed by atoms with Crippen molar-refractivity contribution in [3.8, 4) is 0 Å². The Morgan fingerprint density at radius 3 is 2.25 bits per heavy atom. The van der Waals surface area contributed by atoms with Crippen molar-refractivity contribution in [3.63, 3.8) is 0 Å². The summed E-state index contributed by atoms with van der Waals surface area (Å²) in [6, 6.07) is 19.1. The fourth-order valence-corrected chi connectivity index (χ4v) is 2.28. The first kappa shape index (κ1) is 14.4. The molecule has 0 fully saturated rings. The van der Waals surface area contributed by atoms with Gasteiger partial charge < -0.3 is 4.18 Å². The molecule has 0 aromatic heterocycles. The minimum atomic E-state index is -0.313. The minimum Gasteiger partial charge on any atom is -0.382 e. The second-order valence-corrected chi connectivity index (χ2v) is 4.96. The number of allylic oxidation sites excluding steroid dienone is 1. The average molecular weight is 284 g/mol. The zero-order valence-corrected chi connectivity index (χ0v) is 12.1. The molecule has 0 spiro atoms. The largest absolute Gasteiger partial charge is 0.382 e. The molecular weight excluding hydrogens is 268 g/mol. The van der Waals surface area contributed by atoms with Crippen molar-refractivity contribution in [1.29, 1.82) is 0 Å². The number of rotatable bonds is 5. The van der Waals surface area contributed by atoms with E-state index < -0.39 is 0 Å². The van der Waals surface area contributed by atoms with Gasteiger partial charge in [0.25, 0.3) is 0 Å². The first-order valence-corrected chi connectivity index (χ1v) is 7.25. The zero-order chi connectivity index (χ0) is 14.2. The smallest absolute Gasteiger partial charge is 0.350 e. The molecule has 3 heteroatoms. The summed E-state index contributed by atoms with van der Waals surface area (Å²) >= 11 is 1.09. The lowest BCUT2D eigenvalue weighted by Gasteiger charge is -2.07. The summed E-state index contributed by atoms with van der Waals surface area (Å²) in [4.78, 5) is 13.1. The van der Waals surface area contributed by atoms with E-state index in [9.17, 15) is 4.79 Å². The number of hydrogen-bond donors (Lipinski definition) is 0. The van der Waals surface area contributed by atoms with Crippen molar-refractivity contribution in [1.82, 2.24) is 0 Å². The van der Waals surface area contributed by atoms with Crippen LogP contribution in [-0.4, -0.2) is 5.97 Å². The Morgan fingerprint density at radius 2 is 1.65 bits per heavy atom. The number of benzene rings is 2. The first-order valence-electron chi connectivity index (χ1n) is 6.50. The second-order valence-electron chi connectivity index (χ2n) is 4.16. The van der Waals surface area contributed by atoms with Crippen molar-refractivity contribution in [2.24, 2.45) is 0 Å². The van der Waals surface area contributed by atoms with Crippen LogP contribution < -0.4 is 0 Å². The summed E-state index contributed by atoms with van der Waals surface area (Å²) in [6.45, 7) is 2.00. The molecule has 0 N–H and O–H groups in total. The van der Waals surface area contributed by atoms with E-state index in [0.29, 0.717) is 5.57 Å². The van der Waals surface area contributed by atoms with Gasteiger partial charge in [0, 0.05) is 4.90 Å². The predicted molar refractivity (Wildman–Crippen MR) is 83.1 cm³/mol. The molecular formula is C17H16O2S. The highest BCUT2D eigenvalue weighted by atomic mass is 32.2. The van der Waals surface area contributed by atoms with Gasteiger partial charge in [0.1, 0.15) is 0 Å². The van der Waals surface area contributed by atoms with Gasteiger partial charge in [-0.05, 0) is 24.1 Å². The van der Waals surface area contributed by atoms with E-state index in [0.717, 1.165) is 28.9 Å². The third-order valence-corrected chi connectivity index (χ3v) is 3.37. The van der Waals surface area contributed by atoms with Gasteiger partial charge >= 0.3 is 5.97 Å². The van der Waals surface area contributed by atoms with Gasteiger partial charge in [0.05, 0.1) is 17.6 Å². The third-order valence-electron chi connectivity index (χ3n) is 2.67. The topological polar surface area (TPSA) is 26.3 Å². The van der Waals surface area contributed by atoms with Crippen LogP contribution in [0.3, 0.4) is 0 Å². The highest BCUT2D eigenvalue weighted by Crippen LogP contribution is 2.23. The minimum absolute atomic E-state index is 0.313. The maximum Gasteiger partial charge on any atom is 0.350 e. The molecule has 0 saturated heterocycles. The van der Waals surface area contributed by atoms with E-state index in [-0.39, 0.29) is 5.97 Å². The van der Waals surface area contributed by atoms with Crippen LogP contribution in [0.25, 0.3) is 5.57 Å². The van der Waals surface area contributed by atoms with Crippen LogP contribution in [0.2, 0.25) is 0 Å². The Kier molecular flexibility index (Phi) is 5.44. The molecule has 0 aliphatic carbocycles. The molecule has 0 atom stereocenters. The molecule has 0 radical (unpaired) electrons. The van der Waals surface area contributed by atoms with E-state index in [4.69, 9.17) is 4.18 Å². The molecule has 0 saturated carbocycles. The summed E-state index contributed by atoms with van der Waals surface area (Å²) in [5, 5.41) is 0. The highest BCUT2D eigenvalue weighted by molar-refractivity contribution is 7.95. The zero-order valence-electron chi connectivity index (χ0n) is 11.3. The average Bonchev–Trinajstić information content (AvgIpc) is 2.52. The van der Waals surface area contributed by atoms with Crippen LogP contribution >= 0.6 is 12.0 Å². The molecule has 2 aromatic carbocycles. The maximum atomic E-state index is 12.2. The number of carbonyl (C=O) groups excluding carboxylic acids is 1. The van der Waals surface area contributed by atoms with Gasteiger partial charge in [0.2, 0.25) is 0 Å². The van der Waals surface area contributed by atoms with Crippen LogP contribution in [0.5, 0.6) is 0 Å². The van der Waals surface area contributed by atoms with E-state index in [1.165, 1.54) is 0 Å². The van der Waals surface area contributed by atoms with E-state index in [1.54, 1.807) is 0 Å². The Labute approximate surface area is 123 Å². The second kappa shape index (κ2) is 7.56. The lowest BCUT2D eigenvalue weighted by atomic mass is 10.1. The first-order chi connectivity index (χ1) is 9.81. The Morgan fingerprint density at radius 1 is 1.05 bits per heavy atom. The molecule has 0 aliphatic heterocycles. The van der Waals surface area contributed by atoms with Gasteiger partial charge in [-0.25, -0.2) is 4.79 Å². The summed E-state index contributed by atoms with van der Waals surface area (Å²) in [5.41, 5.74) is 1.49. The SMILES string of the molecule is CCC=C(C(=O)OSc1ccccc1)c1ccccc1. The van der Waals surface area contributed by atoms with Crippen molar-refractivity contribution < 1.29 is 8.98 Å². The van der Waals surface area contributed by atoms with Crippen molar-refractivity contribution in [2.45, 2.75) is 18.2 Å². The fraction of sp³-hybridized carbons (Fsp3) is 0.118. The maximum absolute atomic E-state index is 12.2. The third kappa shape index (κ3) is 4.00. The van der Waals surface area contributed by atoms with Gasteiger partial charge in [-0.3, -0.25) is 0 Å². The van der Waals surface area contributed by atoms with Crippen LogP contribution in [0.15, 0.2) is 71.6 Å². The summed E-state index contributed by atoms with van der Waals surface area (Å²) < 4.78 is 5.31. The molecule has 2 nitrogen and oxygen atoms in total. The van der Waals surface area contributed by atoms with Gasteiger partial charge in [0.15, 0.2) is 0 Å². The monoisotopic (exact) mass is 284 g/mol. The normalized spacial score (nSPS) is 11.2. The van der Waals surface area contributed by atoms with Gasteiger partial charge in [-0.15, -0.1) is 0 Å². The van der Waals surface area contributed by atoms with Crippen molar-refractivity contribution in [2.75, 3.05) is 0 Å². The number of carbonyl (C=O) groups is 1. The molecule has 0 amide bonds. The molecule has 20 heavy (non-hydrogen) atoms. The van der Waals surface area contributed by atoms with Crippen LogP contribution in [0.4, 0.5) is 0 Å². The summed E-state index contributed by atoms with van der Waals surface area (Å²) in [5.74, 6) is -0.313. The van der Waals surface area contributed by atoms with Crippen LogP contribution in [0, 0.1) is 0 Å². The molecule has 0 unspecified atom stereocenters. The van der Waals surface area contributed by atoms with Crippen LogP contribution in [-0.2, 0) is 8.98 Å². The van der Waals surface area contributed by atoms with Gasteiger partial charge in [-0.1, -0.05) is 61.5 Å². The summed E-state index contributed by atoms with van der Waals surface area (Å²) in [6.07, 6.45) is 2.68. The molecule has 102 valence electrons. The Hall–Kier alpha value is -2.00. The fourth-order valence-electron chi connectivity index (χ4n) is 1.75. The van der Waals surface area contributed by atoms with Crippen LogP contribution in [0.1, 0.15) is 18.9 Å². The highest BCUT2D eigenvalue weighted by Gasteiger charge is 2.13. The predicted octanol–water partition coefficient (Wildman–Crippen LogP) is 4.73.